The summed E-state index contributed by atoms with van der Waals surface area (Å²) in [6.07, 6.45) is 1.56. The lowest BCUT2D eigenvalue weighted by Crippen LogP contribution is -2.40. The molecular weight excluding hydrogens is 429 g/mol. The number of hydrogen-bond acceptors (Lipinski definition) is 8. The van der Waals surface area contributed by atoms with E-state index in [-0.39, 0.29) is 18.5 Å². The number of aliphatic hydroxyl groups excluding tert-OH is 1. The number of morpholine rings is 1. The number of anilines is 1. The summed E-state index contributed by atoms with van der Waals surface area (Å²) >= 11 is 0. The van der Waals surface area contributed by atoms with Crippen molar-refractivity contribution >= 4 is 5.88 Å². The monoisotopic (exact) mass is 463 g/mol. The molecule has 0 amide bonds. The predicted octanol–water partition coefficient (Wildman–Crippen LogP) is 2.70. The molecule has 2 aliphatic rings. The van der Waals surface area contributed by atoms with Gasteiger partial charge < -0.3 is 28.7 Å². The molecule has 0 spiro atoms. The number of rotatable bonds is 11. The van der Waals surface area contributed by atoms with E-state index in [1.54, 1.807) is 12.1 Å². The zero-order valence-corrected chi connectivity index (χ0v) is 19.2. The molecule has 2 aliphatic heterocycles. The van der Waals surface area contributed by atoms with E-state index in [9.17, 15) is 9.50 Å². The summed E-state index contributed by atoms with van der Waals surface area (Å²) in [6, 6.07) is 6.29. The summed E-state index contributed by atoms with van der Waals surface area (Å²) in [5.41, 5.74) is 2.40. The van der Waals surface area contributed by atoms with E-state index >= 15 is 0 Å². The fraction of sp³-hybridized carbons (Fsp3) is 0.625. The summed E-state index contributed by atoms with van der Waals surface area (Å²) in [5, 5.41) is 15.0. The molecule has 1 aromatic carbocycles. The van der Waals surface area contributed by atoms with Crippen LogP contribution in [0.3, 0.4) is 0 Å². The number of ether oxygens (including phenoxy) is 3. The van der Waals surface area contributed by atoms with Gasteiger partial charge in [-0.3, -0.25) is 4.90 Å². The zero-order valence-electron chi connectivity index (χ0n) is 19.2. The van der Waals surface area contributed by atoms with Crippen LogP contribution in [0.4, 0.5) is 10.3 Å². The van der Waals surface area contributed by atoms with E-state index in [1.165, 1.54) is 12.1 Å². The summed E-state index contributed by atoms with van der Waals surface area (Å²) < 4.78 is 36.2. The summed E-state index contributed by atoms with van der Waals surface area (Å²) in [7, 11) is 0. The van der Waals surface area contributed by atoms with E-state index in [1.807, 2.05) is 6.92 Å². The van der Waals surface area contributed by atoms with E-state index in [0.717, 1.165) is 30.6 Å². The van der Waals surface area contributed by atoms with Gasteiger partial charge in [-0.2, -0.15) is 0 Å². The maximum absolute atomic E-state index is 13.6. The Balaban J connectivity index is 1.61. The molecule has 2 aromatic rings. The lowest BCUT2D eigenvalue weighted by atomic mass is 10.1. The lowest BCUT2D eigenvalue weighted by molar-refractivity contribution is 0.00517. The van der Waals surface area contributed by atoms with Crippen LogP contribution in [0, 0.1) is 5.82 Å². The van der Waals surface area contributed by atoms with Gasteiger partial charge in [0.1, 0.15) is 11.5 Å². The van der Waals surface area contributed by atoms with Gasteiger partial charge in [-0.05, 0) is 44.0 Å². The fourth-order valence-corrected chi connectivity index (χ4v) is 4.40. The maximum atomic E-state index is 13.6. The highest BCUT2D eigenvalue weighted by molar-refractivity contribution is 5.68. The first-order valence-corrected chi connectivity index (χ1v) is 11.8. The standard InChI is InChI=1S/C24H34FN3O5/c1-2-30-17-20(29)14-27(15-21-4-3-11-32-21)16-22-23(18-5-7-19(25)8-6-18)26-33-24(22)28-9-12-31-13-10-28/h5-8,20-21,29H,2-4,9-17H2,1H3/t20-,21-/m0/s1. The van der Waals surface area contributed by atoms with Crippen LogP contribution in [-0.4, -0.2) is 86.6 Å². The molecule has 4 rings (SSSR count). The molecule has 2 atom stereocenters. The Morgan fingerprint density at radius 1 is 1.24 bits per heavy atom. The van der Waals surface area contributed by atoms with Crippen LogP contribution in [0.1, 0.15) is 25.3 Å². The highest BCUT2D eigenvalue weighted by Crippen LogP contribution is 2.33. The largest absolute Gasteiger partial charge is 0.389 e. The predicted molar refractivity (Wildman–Crippen MR) is 122 cm³/mol. The third-order valence-corrected chi connectivity index (χ3v) is 6.03. The maximum Gasteiger partial charge on any atom is 0.232 e. The topological polar surface area (TPSA) is 80.4 Å². The van der Waals surface area contributed by atoms with Gasteiger partial charge in [0.25, 0.3) is 0 Å². The fourth-order valence-electron chi connectivity index (χ4n) is 4.40. The summed E-state index contributed by atoms with van der Waals surface area (Å²) in [6.45, 7) is 7.85. The minimum atomic E-state index is -0.618. The smallest absolute Gasteiger partial charge is 0.232 e. The van der Waals surface area contributed by atoms with Crippen molar-refractivity contribution < 1.29 is 28.2 Å². The minimum absolute atomic E-state index is 0.130. The van der Waals surface area contributed by atoms with Crippen molar-refractivity contribution in [3.8, 4) is 11.3 Å². The Kier molecular flexibility index (Phi) is 8.69. The van der Waals surface area contributed by atoms with Crippen LogP contribution in [-0.2, 0) is 20.8 Å². The van der Waals surface area contributed by atoms with E-state index < -0.39 is 6.10 Å². The molecule has 1 aromatic heterocycles. The average molecular weight is 464 g/mol. The molecule has 1 N–H and O–H groups in total. The van der Waals surface area contributed by atoms with Gasteiger partial charge >= 0.3 is 0 Å². The number of aromatic nitrogens is 1. The molecule has 182 valence electrons. The second-order valence-corrected chi connectivity index (χ2v) is 8.56. The normalized spacial score (nSPS) is 20.0. The van der Waals surface area contributed by atoms with Crippen molar-refractivity contribution in [1.29, 1.82) is 0 Å². The number of nitrogens with zero attached hydrogens (tertiary/aromatic N) is 3. The molecule has 33 heavy (non-hydrogen) atoms. The Morgan fingerprint density at radius 2 is 2.03 bits per heavy atom. The third kappa shape index (κ3) is 6.51. The lowest BCUT2D eigenvalue weighted by Gasteiger charge is -2.30. The van der Waals surface area contributed by atoms with Crippen LogP contribution >= 0.6 is 0 Å². The molecule has 0 radical (unpaired) electrons. The SMILES string of the molecule is CCOC[C@@H](O)CN(Cc1c(-c2ccc(F)cc2)noc1N1CCOCC1)C[C@@H]1CCCO1. The van der Waals surface area contributed by atoms with Crippen molar-refractivity contribution in [2.75, 3.05) is 64.1 Å². The molecule has 9 heteroatoms. The van der Waals surface area contributed by atoms with Gasteiger partial charge in [-0.1, -0.05) is 5.16 Å². The van der Waals surface area contributed by atoms with Crippen LogP contribution in [0.2, 0.25) is 0 Å². The third-order valence-electron chi connectivity index (χ3n) is 6.03. The van der Waals surface area contributed by atoms with E-state index in [2.05, 4.69) is 15.0 Å². The van der Waals surface area contributed by atoms with Crippen LogP contribution in [0.15, 0.2) is 28.8 Å². The number of hydrogen-bond donors (Lipinski definition) is 1. The highest BCUT2D eigenvalue weighted by Gasteiger charge is 2.28. The van der Waals surface area contributed by atoms with Gasteiger partial charge in [-0.25, -0.2) is 4.39 Å². The first kappa shape index (κ1) is 24.1. The van der Waals surface area contributed by atoms with Gasteiger partial charge in [-0.15, -0.1) is 0 Å². The van der Waals surface area contributed by atoms with Gasteiger partial charge in [0.15, 0.2) is 0 Å². The average Bonchev–Trinajstić information content (AvgIpc) is 3.49. The minimum Gasteiger partial charge on any atom is -0.389 e. The zero-order chi connectivity index (χ0) is 23.0. The number of halogens is 1. The first-order valence-electron chi connectivity index (χ1n) is 11.8. The molecule has 0 aliphatic carbocycles. The van der Waals surface area contributed by atoms with Gasteiger partial charge in [0.2, 0.25) is 5.88 Å². The molecule has 3 heterocycles. The second-order valence-electron chi connectivity index (χ2n) is 8.56. The summed E-state index contributed by atoms with van der Waals surface area (Å²) in [4.78, 5) is 4.32. The molecular formula is C24H34FN3O5. The van der Waals surface area contributed by atoms with Crippen molar-refractivity contribution in [3.05, 3.63) is 35.6 Å². The van der Waals surface area contributed by atoms with Gasteiger partial charge in [0.05, 0.1) is 37.6 Å². The van der Waals surface area contributed by atoms with Crippen molar-refractivity contribution in [2.24, 2.45) is 0 Å². The quantitative estimate of drug-likeness (QED) is 0.545. The van der Waals surface area contributed by atoms with E-state index in [0.29, 0.717) is 64.1 Å². The Labute approximate surface area is 194 Å². The number of aliphatic hydroxyl groups is 1. The molecule has 2 fully saturated rings. The van der Waals surface area contributed by atoms with Crippen molar-refractivity contribution in [1.82, 2.24) is 10.1 Å². The summed E-state index contributed by atoms with van der Waals surface area (Å²) in [5.74, 6) is 0.408. The van der Waals surface area contributed by atoms with Crippen molar-refractivity contribution in [2.45, 2.75) is 38.5 Å². The molecule has 8 nitrogen and oxygen atoms in total. The Bertz CT molecular complexity index is 850. The van der Waals surface area contributed by atoms with Crippen molar-refractivity contribution in [3.63, 3.8) is 0 Å². The molecule has 2 saturated heterocycles. The Morgan fingerprint density at radius 3 is 2.73 bits per heavy atom. The first-order chi connectivity index (χ1) is 16.1. The van der Waals surface area contributed by atoms with E-state index in [4.69, 9.17) is 18.7 Å². The number of benzene rings is 1. The van der Waals surface area contributed by atoms with Gasteiger partial charge in [0, 0.05) is 51.5 Å². The second kappa shape index (κ2) is 11.9. The van der Waals surface area contributed by atoms with Crippen LogP contribution in [0.5, 0.6) is 0 Å². The molecule has 0 saturated carbocycles. The van der Waals surface area contributed by atoms with Crippen LogP contribution in [0.25, 0.3) is 11.3 Å². The molecule has 0 bridgehead atoms. The Hall–Kier alpha value is -2.04. The highest BCUT2D eigenvalue weighted by atomic mass is 19.1. The molecule has 0 unspecified atom stereocenters. The van der Waals surface area contributed by atoms with Crippen LogP contribution < -0.4 is 4.90 Å².